The number of benzene rings is 3. The zero-order valence-corrected chi connectivity index (χ0v) is 19.6. The number of ether oxygens (including phenoxy) is 1. The van der Waals surface area contributed by atoms with Gasteiger partial charge in [0.2, 0.25) is 5.91 Å². The van der Waals surface area contributed by atoms with Gasteiger partial charge in [-0.05, 0) is 30.5 Å². The number of hydrogen-bond donors (Lipinski definition) is 0. The molecule has 1 heterocycles. The molecule has 0 aliphatic heterocycles. The van der Waals surface area contributed by atoms with Gasteiger partial charge in [0.1, 0.15) is 5.75 Å². The van der Waals surface area contributed by atoms with Crippen LogP contribution in [0.15, 0.2) is 84.5 Å². The van der Waals surface area contributed by atoms with Gasteiger partial charge in [0.25, 0.3) is 0 Å². The first-order valence-corrected chi connectivity index (χ1v) is 11.7. The quantitative estimate of drug-likeness (QED) is 0.247. The molecule has 1 amide bonds. The Morgan fingerprint density at radius 3 is 2.64 bits per heavy atom. The summed E-state index contributed by atoms with van der Waals surface area (Å²) in [4.78, 5) is 15.1. The van der Waals surface area contributed by atoms with Gasteiger partial charge in [-0.1, -0.05) is 66.4 Å². The second-order valence-corrected chi connectivity index (χ2v) is 8.27. The largest absolute Gasteiger partial charge is 0.496 e. The Labute approximate surface area is 197 Å². The molecule has 0 aliphatic carbocycles. The van der Waals surface area contributed by atoms with Crippen molar-refractivity contribution in [3.63, 3.8) is 0 Å². The van der Waals surface area contributed by atoms with Gasteiger partial charge in [-0.3, -0.25) is 9.36 Å². The number of hydrogen-bond acceptors (Lipinski definition) is 5. The third-order valence-corrected chi connectivity index (χ3v) is 6.33. The van der Waals surface area contributed by atoms with Crippen LogP contribution in [0.25, 0.3) is 22.2 Å². The molecule has 0 spiro atoms. The number of rotatable bonds is 9. The van der Waals surface area contributed by atoms with Crippen molar-refractivity contribution in [2.75, 3.05) is 24.3 Å². The van der Waals surface area contributed by atoms with E-state index < -0.39 is 0 Å². The van der Waals surface area contributed by atoms with Gasteiger partial charge in [-0.2, -0.15) is 0 Å². The van der Waals surface area contributed by atoms with Crippen LogP contribution in [-0.2, 0) is 11.3 Å². The second kappa shape index (κ2) is 10.4. The van der Waals surface area contributed by atoms with E-state index >= 15 is 0 Å². The lowest BCUT2D eigenvalue weighted by Crippen LogP contribution is -2.32. The highest BCUT2D eigenvalue weighted by molar-refractivity contribution is 7.99. The van der Waals surface area contributed by atoms with Gasteiger partial charge in [0.15, 0.2) is 11.0 Å². The SMILES string of the molecule is C=CCn1c(SCC(=O)N(CC)c2cccc3ccccc23)nnc1-c1ccccc1OC. The van der Waals surface area contributed by atoms with Gasteiger partial charge < -0.3 is 9.64 Å². The van der Waals surface area contributed by atoms with E-state index in [1.807, 2.05) is 71.0 Å². The Bertz CT molecular complexity index is 1280. The molecule has 0 unspecified atom stereocenters. The monoisotopic (exact) mass is 458 g/mol. The average molecular weight is 459 g/mol. The first kappa shape index (κ1) is 22.6. The van der Waals surface area contributed by atoms with Crippen molar-refractivity contribution in [2.45, 2.75) is 18.6 Å². The number of carbonyl (C=O) groups is 1. The molecular weight excluding hydrogens is 432 g/mol. The summed E-state index contributed by atoms with van der Waals surface area (Å²) in [6.07, 6.45) is 1.79. The van der Waals surface area contributed by atoms with E-state index in [1.165, 1.54) is 11.8 Å². The Balaban J connectivity index is 1.59. The lowest BCUT2D eigenvalue weighted by Gasteiger charge is -2.22. The third-order valence-electron chi connectivity index (χ3n) is 5.38. The van der Waals surface area contributed by atoms with Crippen LogP contribution < -0.4 is 9.64 Å². The van der Waals surface area contributed by atoms with Crippen LogP contribution in [-0.4, -0.2) is 40.1 Å². The van der Waals surface area contributed by atoms with Crippen molar-refractivity contribution in [1.29, 1.82) is 0 Å². The Morgan fingerprint density at radius 2 is 1.85 bits per heavy atom. The number of aromatic nitrogens is 3. The molecule has 0 bridgehead atoms. The van der Waals surface area contributed by atoms with Crippen LogP contribution in [0, 0.1) is 0 Å². The molecule has 0 N–H and O–H groups in total. The van der Waals surface area contributed by atoms with Crippen molar-refractivity contribution < 1.29 is 9.53 Å². The number of allylic oxidation sites excluding steroid dienone is 1. The molecule has 0 fully saturated rings. The van der Waals surface area contributed by atoms with Crippen LogP contribution in [0.2, 0.25) is 0 Å². The van der Waals surface area contributed by atoms with Crippen LogP contribution in [0.1, 0.15) is 6.92 Å². The summed E-state index contributed by atoms with van der Waals surface area (Å²) in [6, 6.07) is 21.8. The number of amides is 1. The summed E-state index contributed by atoms with van der Waals surface area (Å²) in [6.45, 7) is 6.97. The molecule has 0 radical (unpaired) electrons. The molecular formula is C26H26N4O2S. The summed E-state index contributed by atoms with van der Waals surface area (Å²) < 4.78 is 7.45. The summed E-state index contributed by atoms with van der Waals surface area (Å²) in [5.74, 6) is 1.67. The molecule has 6 nitrogen and oxygen atoms in total. The molecule has 0 saturated heterocycles. The number of nitrogens with zero attached hydrogens (tertiary/aromatic N) is 4. The minimum Gasteiger partial charge on any atom is -0.496 e. The molecule has 1 aromatic heterocycles. The predicted molar refractivity (Wildman–Crippen MR) is 135 cm³/mol. The second-order valence-electron chi connectivity index (χ2n) is 7.33. The van der Waals surface area contributed by atoms with E-state index in [2.05, 4.69) is 28.9 Å². The van der Waals surface area contributed by atoms with Crippen LogP contribution in [0.3, 0.4) is 0 Å². The normalized spacial score (nSPS) is 10.8. The lowest BCUT2D eigenvalue weighted by atomic mass is 10.1. The van der Waals surface area contributed by atoms with Crippen molar-refractivity contribution in [3.05, 3.63) is 79.4 Å². The zero-order chi connectivity index (χ0) is 23.2. The average Bonchev–Trinajstić information content (AvgIpc) is 3.25. The van der Waals surface area contributed by atoms with E-state index in [-0.39, 0.29) is 11.7 Å². The van der Waals surface area contributed by atoms with Gasteiger partial charge in [0, 0.05) is 18.5 Å². The van der Waals surface area contributed by atoms with Crippen molar-refractivity contribution in [1.82, 2.24) is 14.8 Å². The number of anilines is 1. The van der Waals surface area contributed by atoms with Gasteiger partial charge in [-0.25, -0.2) is 0 Å². The molecule has 0 aliphatic rings. The van der Waals surface area contributed by atoms with Crippen LogP contribution in [0.5, 0.6) is 5.75 Å². The van der Waals surface area contributed by atoms with Gasteiger partial charge in [-0.15, -0.1) is 16.8 Å². The fraction of sp³-hybridized carbons (Fsp3) is 0.192. The maximum atomic E-state index is 13.2. The minimum absolute atomic E-state index is 0.0193. The van der Waals surface area contributed by atoms with Crippen LogP contribution >= 0.6 is 11.8 Å². The van der Waals surface area contributed by atoms with Gasteiger partial charge >= 0.3 is 0 Å². The summed E-state index contributed by atoms with van der Waals surface area (Å²) in [7, 11) is 1.63. The standard InChI is InChI=1S/C26H26N4O2S/c1-4-17-30-25(21-14-8-9-16-23(21)32-3)27-28-26(30)33-18-24(31)29(5-2)22-15-10-12-19-11-6-7-13-20(19)22/h4,6-16H,1,5,17-18H2,2-3H3. The zero-order valence-electron chi connectivity index (χ0n) is 18.8. The highest BCUT2D eigenvalue weighted by atomic mass is 32.2. The Kier molecular flexibility index (Phi) is 7.10. The fourth-order valence-corrected chi connectivity index (χ4v) is 4.67. The van der Waals surface area contributed by atoms with Gasteiger partial charge in [0.05, 0.1) is 24.1 Å². The number of methoxy groups -OCH3 is 1. The first-order chi connectivity index (χ1) is 16.2. The molecule has 168 valence electrons. The van der Waals surface area contributed by atoms with E-state index in [0.29, 0.717) is 24.1 Å². The number of thioether (sulfide) groups is 1. The summed E-state index contributed by atoms with van der Waals surface area (Å²) in [5.41, 5.74) is 1.77. The Morgan fingerprint density at radius 1 is 1.09 bits per heavy atom. The summed E-state index contributed by atoms with van der Waals surface area (Å²) in [5, 5.41) is 11.6. The Hall–Kier alpha value is -3.58. The predicted octanol–water partition coefficient (Wildman–Crippen LogP) is 5.44. The van der Waals surface area contributed by atoms with E-state index in [1.54, 1.807) is 13.2 Å². The van der Waals surface area contributed by atoms with E-state index in [4.69, 9.17) is 4.74 Å². The molecule has 33 heavy (non-hydrogen) atoms. The molecule has 0 saturated carbocycles. The smallest absolute Gasteiger partial charge is 0.237 e. The molecule has 7 heteroatoms. The first-order valence-electron chi connectivity index (χ1n) is 10.8. The van der Waals surface area contributed by atoms with Crippen LogP contribution in [0.4, 0.5) is 5.69 Å². The summed E-state index contributed by atoms with van der Waals surface area (Å²) >= 11 is 1.38. The number of fused-ring (bicyclic) bond motifs is 1. The fourth-order valence-electron chi connectivity index (χ4n) is 3.85. The number of para-hydroxylation sites is 1. The third kappa shape index (κ3) is 4.64. The van der Waals surface area contributed by atoms with Crippen molar-refractivity contribution >= 4 is 34.1 Å². The highest BCUT2D eigenvalue weighted by Crippen LogP contribution is 2.32. The maximum absolute atomic E-state index is 13.2. The van der Waals surface area contributed by atoms with E-state index in [0.717, 1.165) is 27.8 Å². The molecule has 4 aromatic rings. The highest BCUT2D eigenvalue weighted by Gasteiger charge is 2.20. The molecule has 3 aromatic carbocycles. The molecule has 0 atom stereocenters. The lowest BCUT2D eigenvalue weighted by molar-refractivity contribution is -0.116. The number of carbonyl (C=O) groups excluding carboxylic acids is 1. The topological polar surface area (TPSA) is 60.2 Å². The van der Waals surface area contributed by atoms with Crippen molar-refractivity contribution in [3.8, 4) is 17.1 Å². The minimum atomic E-state index is 0.0193. The molecule has 4 rings (SSSR count). The van der Waals surface area contributed by atoms with Crippen molar-refractivity contribution in [2.24, 2.45) is 0 Å². The maximum Gasteiger partial charge on any atom is 0.237 e. The van der Waals surface area contributed by atoms with E-state index in [9.17, 15) is 4.79 Å².